The third kappa shape index (κ3) is 6.24. The maximum Gasteiger partial charge on any atom is 0.259 e. The van der Waals surface area contributed by atoms with E-state index in [2.05, 4.69) is 5.32 Å². The smallest absolute Gasteiger partial charge is 0.259 e. The maximum absolute atomic E-state index is 14.2. The lowest BCUT2D eigenvalue weighted by Crippen LogP contribution is -2.53. The molecule has 3 amide bonds. The van der Waals surface area contributed by atoms with Crippen LogP contribution in [-0.2, 0) is 22.6 Å². The van der Waals surface area contributed by atoms with Gasteiger partial charge in [-0.2, -0.15) is 0 Å². The van der Waals surface area contributed by atoms with Gasteiger partial charge in [-0.15, -0.1) is 0 Å². The van der Waals surface area contributed by atoms with Crippen LogP contribution in [0.4, 0.5) is 5.69 Å². The molecule has 0 unspecified atom stereocenters. The molecule has 0 aliphatic carbocycles. The van der Waals surface area contributed by atoms with E-state index in [1.165, 1.54) is 4.90 Å². The summed E-state index contributed by atoms with van der Waals surface area (Å²) in [5, 5.41) is 5.54. The molecule has 1 aliphatic heterocycles. The van der Waals surface area contributed by atoms with Crippen molar-refractivity contribution in [3.05, 3.63) is 112 Å². The van der Waals surface area contributed by atoms with Crippen molar-refractivity contribution in [2.75, 3.05) is 18.0 Å². The van der Waals surface area contributed by atoms with Crippen molar-refractivity contribution in [2.45, 2.75) is 32.9 Å². The first-order chi connectivity index (χ1) is 19.7. The summed E-state index contributed by atoms with van der Waals surface area (Å²) in [5.41, 5.74) is 2.89. The molecular formula is C33H31Cl2N3O3. The quantitative estimate of drug-likeness (QED) is 0.229. The van der Waals surface area contributed by atoms with E-state index < -0.39 is 6.04 Å². The standard InChI is InChI=1S/C33H31Cl2N3O3/c1-21(2)18-36-32(40)29(17-22-8-4-3-5-9-22)37(19-23-14-15-26(34)27(35)16-23)30(39)20-38-28-13-7-11-24-10-6-12-25(31(24)28)33(38)41/h3-16,21,29H,17-20H2,1-2H3,(H,36,40)/t29-/m1/s1. The van der Waals surface area contributed by atoms with Crippen molar-refractivity contribution in [3.63, 3.8) is 0 Å². The van der Waals surface area contributed by atoms with Gasteiger partial charge in [0.1, 0.15) is 12.6 Å². The Balaban J connectivity index is 1.51. The molecular weight excluding hydrogens is 557 g/mol. The van der Waals surface area contributed by atoms with Crippen molar-refractivity contribution in [2.24, 2.45) is 5.92 Å². The van der Waals surface area contributed by atoms with Crippen LogP contribution in [0.25, 0.3) is 10.8 Å². The van der Waals surface area contributed by atoms with Crippen LogP contribution in [0.15, 0.2) is 84.9 Å². The Labute approximate surface area is 249 Å². The molecule has 5 rings (SSSR count). The first-order valence-electron chi connectivity index (χ1n) is 13.6. The molecule has 210 valence electrons. The van der Waals surface area contributed by atoms with Gasteiger partial charge >= 0.3 is 0 Å². The monoisotopic (exact) mass is 587 g/mol. The van der Waals surface area contributed by atoms with E-state index in [1.807, 2.05) is 74.5 Å². The van der Waals surface area contributed by atoms with E-state index >= 15 is 0 Å². The Kier molecular flexibility index (Phi) is 8.62. The van der Waals surface area contributed by atoms with Crippen molar-refractivity contribution in [1.82, 2.24) is 10.2 Å². The fraction of sp³-hybridized carbons (Fsp3) is 0.242. The van der Waals surface area contributed by atoms with Gasteiger partial charge in [-0.05, 0) is 46.7 Å². The number of benzene rings is 4. The van der Waals surface area contributed by atoms with Crippen molar-refractivity contribution < 1.29 is 14.4 Å². The Morgan fingerprint density at radius 2 is 1.61 bits per heavy atom. The van der Waals surface area contributed by atoms with E-state index in [0.717, 1.165) is 21.9 Å². The van der Waals surface area contributed by atoms with E-state index in [-0.39, 0.29) is 36.7 Å². The Bertz CT molecular complexity index is 1600. The molecule has 4 aromatic carbocycles. The highest BCUT2D eigenvalue weighted by molar-refractivity contribution is 6.42. The summed E-state index contributed by atoms with van der Waals surface area (Å²) in [6.45, 7) is 4.41. The molecule has 1 N–H and O–H groups in total. The molecule has 1 atom stereocenters. The van der Waals surface area contributed by atoms with Crippen molar-refractivity contribution in [3.8, 4) is 0 Å². The molecule has 0 saturated heterocycles. The number of hydrogen-bond acceptors (Lipinski definition) is 3. The zero-order chi connectivity index (χ0) is 29.1. The SMILES string of the molecule is CC(C)CNC(=O)[C@@H](Cc1ccccc1)N(Cc1ccc(Cl)c(Cl)c1)C(=O)CN1C(=O)c2cccc3cccc1c23. The number of carbonyl (C=O) groups excluding carboxylic acids is 3. The predicted molar refractivity (Wildman–Crippen MR) is 164 cm³/mol. The number of carbonyl (C=O) groups is 3. The predicted octanol–water partition coefficient (Wildman–Crippen LogP) is 6.52. The van der Waals surface area contributed by atoms with Crippen molar-refractivity contribution in [1.29, 1.82) is 0 Å². The highest BCUT2D eigenvalue weighted by atomic mass is 35.5. The number of halogens is 2. The lowest BCUT2D eigenvalue weighted by Gasteiger charge is -2.33. The Hall–Kier alpha value is -3.87. The molecule has 0 fully saturated rings. The van der Waals surface area contributed by atoms with E-state index in [1.54, 1.807) is 29.2 Å². The topological polar surface area (TPSA) is 69.7 Å². The van der Waals surface area contributed by atoms with Crippen LogP contribution in [0, 0.1) is 5.92 Å². The molecule has 0 aromatic heterocycles. The molecule has 0 radical (unpaired) electrons. The third-order valence-corrected chi connectivity index (χ3v) is 7.97. The first kappa shape index (κ1) is 28.7. The second-order valence-electron chi connectivity index (χ2n) is 10.7. The van der Waals surface area contributed by atoms with Gasteiger partial charge in [0.05, 0.1) is 15.7 Å². The number of nitrogens with one attached hydrogen (secondary N) is 1. The highest BCUT2D eigenvalue weighted by Gasteiger charge is 2.35. The minimum atomic E-state index is -0.825. The number of amides is 3. The summed E-state index contributed by atoms with van der Waals surface area (Å²) in [4.78, 5) is 44.5. The minimum absolute atomic E-state index is 0.113. The fourth-order valence-electron chi connectivity index (χ4n) is 5.17. The van der Waals surface area contributed by atoms with E-state index in [4.69, 9.17) is 23.2 Å². The summed E-state index contributed by atoms with van der Waals surface area (Å²) >= 11 is 12.5. The normalized spacial score (nSPS) is 13.1. The number of hydrogen-bond donors (Lipinski definition) is 1. The van der Waals surface area contributed by atoms with Gasteiger partial charge in [0, 0.05) is 30.5 Å². The Morgan fingerprint density at radius 1 is 0.878 bits per heavy atom. The Morgan fingerprint density at radius 3 is 2.32 bits per heavy atom. The molecule has 1 aliphatic rings. The molecule has 41 heavy (non-hydrogen) atoms. The van der Waals surface area contributed by atoms with E-state index in [9.17, 15) is 14.4 Å². The second-order valence-corrected chi connectivity index (χ2v) is 11.5. The van der Waals surface area contributed by atoms with Gasteiger partial charge in [0.2, 0.25) is 11.8 Å². The van der Waals surface area contributed by atoms with Crippen LogP contribution in [-0.4, -0.2) is 41.8 Å². The first-order valence-corrected chi connectivity index (χ1v) is 14.4. The molecule has 6 nitrogen and oxygen atoms in total. The number of nitrogens with zero attached hydrogens (tertiary/aromatic N) is 2. The van der Waals surface area contributed by atoms with Crippen LogP contribution < -0.4 is 10.2 Å². The summed E-state index contributed by atoms with van der Waals surface area (Å²) in [7, 11) is 0. The fourth-order valence-corrected chi connectivity index (χ4v) is 5.49. The average molecular weight is 589 g/mol. The van der Waals surface area contributed by atoms with Gasteiger partial charge in [0.15, 0.2) is 0 Å². The summed E-state index contributed by atoms with van der Waals surface area (Å²) in [6, 6.07) is 25.2. The van der Waals surface area contributed by atoms with Gasteiger partial charge < -0.3 is 10.2 Å². The van der Waals surface area contributed by atoms with Gasteiger partial charge in [0.25, 0.3) is 5.91 Å². The number of rotatable bonds is 10. The summed E-state index contributed by atoms with van der Waals surface area (Å²) < 4.78 is 0. The lowest BCUT2D eigenvalue weighted by atomic mass is 10.0. The minimum Gasteiger partial charge on any atom is -0.354 e. The van der Waals surface area contributed by atoms with Gasteiger partial charge in [-0.3, -0.25) is 19.3 Å². The van der Waals surface area contributed by atoms with Crippen LogP contribution in [0.1, 0.15) is 35.3 Å². The molecule has 8 heteroatoms. The third-order valence-electron chi connectivity index (χ3n) is 7.24. The molecule has 0 saturated carbocycles. The van der Waals surface area contributed by atoms with Gasteiger partial charge in [-0.25, -0.2) is 0 Å². The van der Waals surface area contributed by atoms with E-state index in [0.29, 0.717) is 34.3 Å². The van der Waals surface area contributed by atoms with Crippen LogP contribution in [0.5, 0.6) is 0 Å². The zero-order valence-electron chi connectivity index (χ0n) is 22.9. The highest BCUT2D eigenvalue weighted by Crippen LogP contribution is 2.37. The zero-order valence-corrected chi connectivity index (χ0v) is 24.5. The lowest BCUT2D eigenvalue weighted by molar-refractivity contribution is -0.140. The maximum atomic E-state index is 14.2. The molecule has 0 spiro atoms. The summed E-state index contributed by atoms with van der Waals surface area (Å²) in [5.74, 6) is -0.607. The van der Waals surface area contributed by atoms with Crippen LogP contribution in [0.2, 0.25) is 10.0 Å². The molecule has 4 aromatic rings. The molecule has 0 bridgehead atoms. The summed E-state index contributed by atoms with van der Waals surface area (Å²) in [6.07, 6.45) is 0.307. The molecule has 1 heterocycles. The second kappa shape index (κ2) is 12.3. The van der Waals surface area contributed by atoms with Gasteiger partial charge in [-0.1, -0.05) is 97.7 Å². The number of anilines is 1. The van der Waals surface area contributed by atoms with Crippen molar-refractivity contribution >= 4 is 57.4 Å². The van der Waals surface area contributed by atoms with Crippen LogP contribution in [0.3, 0.4) is 0 Å². The average Bonchev–Trinajstić information content (AvgIpc) is 3.23. The largest absolute Gasteiger partial charge is 0.354 e. The van der Waals surface area contributed by atoms with Crippen LogP contribution >= 0.6 is 23.2 Å².